The van der Waals surface area contributed by atoms with Gasteiger partial charge in [0.2, 0.25) is 10.0 Å². The highest BCUT2D eigenvalue weighted by Crippen LogP contribution is 2.14. The van der Waals surface area contributed by atoms with Crippen molar-refractivity contribution in [3.05, 3.63) is 70.8 Å². The van der Waals surface area contributed by atoms with Crippen molar-refractivity contribution in [2.24, 2.45) is 0 Å². The first-order chi connectivity index (χ1) is 16.0. The first kappa shape index (κ1) is 23.8. The van der Waals surface area contributed by atoms with Gasteiger partial charge in [-0.15, -0.1) is 0 Å². The van der Waals surface area contributed by atoms with Gasteiger partial charge in [-0.05, 0) is 28.8 Å². The number of rotatable bonds is 8. The molecule has 0 unspecified atom stereocenters. The Hall–Kier alpha value is -2.30. The molecule has 2 saturated heterocycles. The van der Waals surface area contributed by atoms with Gasteiger partial charge in [-0.3, -0.25) is 9.69 Å². The minimum atomic E-state index is -3.39. The molecule has 178 valence electrons. The van der Waals surface area contributed by atoms with Gasteiger partial charge in [0.15, 0.2) is 0 Å². The molecular weight excluding hydrogens is 442 g/mol. The van der Waals surface area contributed by atoms with Gasteiger partial charge in [-0.1, -0.05) is 36.4 Å². The SMILES string of the molecule is O=C(NCc1cccc(CN2CCOCC2)c1)c1ccc(CS(=O)(=O)N2CCOCC2)cc1. The summed E-state index contributed by atoms with van der Waals surface area (Å²) in [6.07, 6.45) is 0. The third-order valence-corrected chi connectivity index (χ3v) is 7.73. The topological polar surface area (TPSA) is 88.2 Å². The van der Waals surface area contributed by atoms with Crippen LogP contribution in [0, 0.1) is 0 Å². The summed E-state index contributed by atoms with van der Waals surface area (Å²) >= 11 is 0. The summed E-state index contributed by atoms with van der Waals surface area (Å²) in [4.78, 5) is 15.0. The summed E-state index contributed by atoms with van der Waals surface area (Å²) in [6.45, 7) is 6.34. The van der Waals surface area contributed by atoms with E-state index in [1.165, 1.54) is 9.87 Å². The molecule has 0 radical (unpaired) electrons. The second kappa shape index (κ2) is 11.2. The molecule has 0 spiro atoms. The Bertz CT molecular complexity index is 1030. The van der Waals surface area contributed by atoms with E-state index in [9.17, 15) is 13.2 Å². The summed E-state index contributed by atoms with van der Waals surface area (Å²) in [6, 6.07) is 15.0. The first-order valence-corrected chi connectivity index (χ1v) is 12.9. The predicted molar refractivity (Wildman–Crippen MR) is 125 cm³/mol. The van der Waals surface area contributed by atoms with E-state index < -0.39 is 10.0 Å². The maximum Gasteiger partial charge on any atom is 0.251 e. The van der Waals surface area contributed by atoms with Gasteiger partial charge in [0.1, 0.15) is 0 Å². The predicted octanol–water partition coefficient (Wildman–Crippen LogP) is 1.61. The van der Waals surface area contributed by atoms with Crippen molar-refractivity contribution in [1.82, 2.24) is 14.5 Å². The van der Waals surface area contributed by atoms with Gasteiger partial charge in [0.25, 0.3) is 5.91 Å². The number of hydrogen-bond acceptors (Lipinski definition) is 6. The van der Waals surface area contributed by atoms with Gasteiger partial charge >= 0.3 is 0 Å². The average Bonchev–Trinajstić information content (AvgIpc) is 2.84. The maximum atomic E-state index is 12.6. The number of carbonyl (C=O) groups excluding carboxylic acids is 1. The number of benzene rings is 2. The van der Waals surface area contributed by atoms with Crippen molar-refractivity contribution in [2.75, 3.05) is 52.6 Å². The van der Waals surface area contributed by atoms with Crippen molar-refractivity contribution in [3.63, 3.8) is 0 Å². The fraction of sp³-hybridized carbons (Fsp3) is 0.458. The number of ether oxygens (including phenoxy) is 2. The molecule has 2 aromatic rings. The van der Waals surface area contributed by atoms with Crippen molar-refractivity contribution in [2.45, 2.75) is 18.8 Å². The molecule has 8 nitrogen and oxygen atoms in total. The Labute approximate surface area is 195 Å². The van der Waals surface area contributed by atoms with E-state index in [1.807, 2.05) is 12.1 Å². The summed E-state index contributed by atoms with van der Waals surface area (Å²) < 4.78 is 37.2. The van der Waals surface area contributed by atoms with Crippen LogP contribution in [-0.2, 0) is 38.3 Å². The molecule has 0 aliphatic carbocycles. The second-order valence-electron chi connectivity index (χ2n) is 8.36. The fourth-order valence-electron chi connectivity index (χ4n) is 4.02. The van der Waals surface area contributed by atoms with Crippen LogP contribution in [0.4, 0.5) is 0 Å². The van der Waals surface area contributed by atoms with Gasteiger partial charge < -0.3 is 14.8 Å². The Balaban J connectivity index is 1.29. The minimum absolute atomic E-state index is 0.0785. The smallest absolute Gasteiger partial charge is 0.251 e. The van der Waals surface area contributed by atoms with Crippen molar-refractivity contribution in [1.29, 1.82) is 0 Å². The molecule has 2 aliphatic rings. The Morgan fingerprint density at radius 3 is 2.18 bits per heavy atom. The van der Waals surface area contributed by atoms with Gasteiger partial charge in [-0.25, -0.2) is 8.42 Å². The normalized spacial score (nSPS) is 18.2. The third-order valence-electron chi connectivity index (χ3n) is 5.88. The first-order valence-electron chi connectivity index (χ1n) is 11.3. The fourth-order valence-corrected chi connectivity index (χ4v) is 5.52. The number of amides is 1. The quantitative estimate of drug-likeness (QED) is 0.627. The largest absolute Gasteiger partial charge is 0.379 e. The monoisotopic (exact) mass is 473 g/mol. The molecule has 2 heterocycles. The van der Waals surface area contributed by atoms with Crippen molar-refractivity contribution in [3.8, 4) is 0 Å². The minimum Gasteiger partial charge on any atom is -0.379 e. The van der Waals surface area contributed by atoms with E-state index in [-0.39, 0.29) is 11.7 Å². The molecule has 0 bridgehead atoms. The number of morpholine rings is 2. The van der Waals surface area contributed by atoms with Crippen LogP contribution in [0.3, 0.4) is 0 Å². The summed E-state index contributed by atoms with van der Waals surface area (Å²) in [5.74, 6) is -0.263. The van der Waals surface area contributed by atoms with Crippen LogP contribution in [-0.4, -0.2) is 76.1 Å². The lowest BCUT2D eigenvalue weighted by molar-refractivity contribution is 0.0342. The Morgan fingerprint density at radius 1 is 0.848 bits per heavy atom. The lowest BCUT2D eigenvalue weighted by atomic mass is 10.1. The molecule has 1 N–H and O–H groups in total. The molecule has 1 amide bonds. The zero-order valence-electron chi connectivity index (χ0n) is 18.7. The van der Waals surface area contributed by atoms with E-state index in [0.29, 0.717) is 44.0 Å². The van der Waals surface area contributed by atoms with Crippen LogP contribution in [0.1, 0.15) is 27.0 Å². The van der Waals surface area contributed by atoms with Crippen LogP contribution in [0.25, 0.3) is 0 Å². The zero-order valence-corrected chi connectivity index (χ0v) is 19.6. The van der Waals surface area contributed by atoms with E-state index in [2.05, 4.69) is 22.3 Å². The zero-order chi connectivity index (χ0) is 23.1. The summed E-state index contributed by atoms with van der Waals surface area (Å²) in [5.41, 5.74) is 3.43. The molecule has 0 aromatic heterocycles. The van der Waals surface area contributed by atoms with Crippen LogP contribution in [0.5, 0.6) is 0 Å². The second-order valence-corrected chi connectivity index (χ2v) is 10.3. The molecule has 9 heteroatoms. The number of nitrogens with zero attached hydrogens (tertiary/aromatic N) is 2. The summed E-state index contributed by atoms with van der Waals surface area (Å²) in [5, 5.41) is 2.95. The van der Waals surface area contributed by atoms with Gasteiger partial charge in [0, 0.05) is 44.8 Å². The molecule has 4 rings (SSSR count). The van der Waals surface area contributed by atoms with E-state index in [4.69, 9.17) is 9.47 Å². The number of sulfonamides is 1. The van der Waals surface area contributed by atoms with Crippen LogP contribution < -0.4 is 5.32 Å². The standard InChI is InChI=1S/C24H31N3O5S/c28-24(25-17-21-2-1-3-22(16-21)18-26-8-12-31-13-9-26)23-6-4-20(5-7-23)19-33(29,30)27-10-14-32-15-11-27/h1-7,16H,8-15,17-19H2,(H,25,28). The molecule has 2 aliphatic heterocycles. The van der Waals surface area contributed by atoms with Gasteiger partial charge in [-0.2, -0.15) is 4.31 Å². The third kappa shape index (κ3) is 6.84. The molecule has 0 atom stereocenters. The summed E-state index contributed by atoms with van der Waals surface area (Å²) in [7, 11) is -3.39. The molecule has 0 saturated carbocycles. The molecule has 33 heavy (non-hydrogen) atoms. The highest BCUT2D eigenvalue weighted by Gasteiger charge is 2.24. The Morgan fingerprint density at radius 2 is 1.48 bits per heavy atom. The highest BCUT2D eigenvalue weighted by molar-refractivity contribution is 7.88. The molecular formula is C24H31N3O5S. The number of carbonyl (C=O) groups is 1. The Kier molecular flexibility index (Phi) is 8.11. The van der Waals surface area contributed by atoms with Crippen molar-refractivity contribution >= 4 is 15.9 Å². The van der Waals surface area contributed by atoms with Crippen molar-refractivity contribution < 1.29 is 22.7 Å². The number of nitrogens with one attached hydrogen (secondary N) is 1. The highest BCUT2D eigenvalue weighted by atomic mass is 32.2. The van der Waals surface area contributed by atoms with Gasteiger partial charge in [0.05, 0.1) is 32.2 Å². The van der Waals surface area contributed by atoms with E-state index in [0.717, 1.165) is 38.4 Å². The number of hydrogen-bond donors (Lipinski definition) is 1. The maximum absolute atomic E-state index is 12.6. The van der Waals surface area contributed by atoms with E-state index >= 15 is 0 Å². The van der Waals surface area contributed by atoms with Crippen LogP contribution in [0.15, 0.2) is 48.5 Å². The average molecular weight is 474 g/mol. The molecule has 2 aromatic carbocycles. The van der Waals surface area contributed by atoms with Crippen LogP contribution >= 0.6 is 0 Å². The molecule has 2 fully saturated rings. The lowest BCUT2D eigenvalue weighted by Gasteiger charge is -2.26. The lowest BCUT2D eigenvalue weighted by Crippen LogP contribution is -2.41. The van der Waals surface area contributed by atoms with E-state index in [1.54, 1.807) is 24.3 Å². The van der Waals surface area contributed by atoms with Crippen LogP contribution in [0.2, 0.25) is 0 Å².